The van der Waals surface area contributed by atoms with Gasteiger partial charge in [0, 0.05) is 0 Å². The number of rotatable bonds is 3. The van der Waals surface area contributed by atoms with Gasteiger partial charge in [-0.3, -0.25) is 0 Å². The zero-order valence-corrected chi connectivity index (χ0v) is 17.3. The summed E-state index contributed by atoms with van der Waals surface area (Å²) in [5.41, 5.74) is 3.84. The summed E-state index contributed by atoms with van der Waals surface area (Å²) in [7, 11) is 3.06. The molecule has 1 unspecified atom stereocenters. The van der Waals surface area contributed by atoms with E-state index in [9.17, 15) is 0 Å². The average molecular weight is 455 g/mol. The van der Waals surface area contributed by atoms with Gasteiger partial charge < -0.3 is 6.15 Å². The van der Waals surface area contributed by atoms with Crippen LogP contribution >= 0.6 is 43.2 Å². The second-order valence-corrected chi connectivity index (χ2v) is 5.77. The third kappa shape index (κ3) is 4.51. The smallest absolute Gasteiger partial charge is 0.0591 e. The number of hydrogen-bond donors (Lipinski definition) is 1. The fourth-order valence-electron chi connectivity index (χ4n) is 2.60. The van der Waals surface area contributed by atoms with Crippen molar-refractivity contribution in [2.45, 2.75) is 5.16 Å². The van der Waals surface area contributed by atoms with Crippen LogP contribution in [0.4, 0.5) is 0 Å². The Kier molecular flexibility index (Phi) is 9.57. The molecule has 0 bridgehead atoms. The molecule has 0 aliphatic carbocycles. The average Bonchev–Trinajstić information content (AvgIpc) is 2.56. The molecule has 3 rings (SSSR count). The second kappa shape index (κ2) is 10.00. The van der Waals surface area contributed by atoms with E-state index in [1.807, 2.05) is 0 Å². The van der Waals surface area contributed by atoms with Crippen molar-refractivity contribution in [3.05, 3.63) is 108 Å². The number of halogens is 2. The van der Waals surface area contributed by atoms with Crippen LogP contribution in [0.5, 0.6) is 0 Å². The molecule has 0 radical (unpaired) electrons. The van der Waals surface area contributed by atoms with E-state index in [1.165, 1.54) is 16.7 Å². The molecule has 0 saturated heterocycles. The van der Waals surface area contributed by atoms with E-state index in [0.717, 1.165) is 0 Å². The Hall–Kier alpha value is -0.990. The summed E-state index contributed by atoms with van der Waals surface area (Å²) in [6, 6.07) is 31.9. The summed E-state index contributed by atoms with van der Waals surface area (Å²) in [6.45, 7) is 0. The van der Waals surface area contributed by atoms with Gasteiger partial charge in [-0.25, -0.2) is 0 Å². The lowest BCUT2D eigenvalue weighted by Crippen LogP contribution is -2.21. The predicted octanol–water partition coefficient (Wildman–Crippen LogP) is 6.17. The van der Waals surface area contributed by atoms with Crippen LogP contribution in [-0.2, 0) is 5.16 Å². The molecule has 3 aromatic rings. The maximum atomic E-state index is 3.06. The number of benzene rings is 3. The van der Waals surface area contributed by atoms with E-state index in [1.54, 1.807) is 0 Å². The molecule has 0 heterocycles. The van der Waals surface area contributed by atoms with Crippen molar-refractivity contribution in [2.24, 2.45) is 0 Å². The lowest BCUT2D eigenvalue weighted by atomic mass is 9.84. The van der Waals surface area contributed by atoms with Crippen LogP contribution in [0.3, 0.4) is 0 Å². The molecular formula is C19H22Br2NP. The topological polar surface area (TPSA) is 35.0 Å². The molecule has 0 aliphatic rings. The van der Waals surface area contributed by atoms with Gasteiger partial charge in [-0.2, -0.15) is 0 Å². The van der Waals surface area contributed by atoms with Gasteiger partial charge in [-0.05, 0) is 16.7 Å². The molecule has 0 aromatic heterocycles. The van der Waals surface area contributed by atoms with Gasteiger partial charge in [0.25, 0.3) is 0 Å². The summed E-state index contributed by atoms with van der Waals surface area (Å²) in [6.07, 6.45) is 0. The zero-order chi connectivity index (χ0) is 13.8. The van der Waals surface area contributed by atoms with Crippen LogP contribution in [-0.4, -0.2) is 0 Å². The Balaban J connectivity index is 0.00000161. The summed E-state index contributed by atoms with van der Waals surface area (Å²) < 4.78 is 0. The van der Waals surface area contributed by atoms with Gasteiger partial charge >= 0.3 is 0 Å². The first-order valence-corrected chi connectivity index (χ1v) is 7.35. The van der Waals surface area contributed by atoms with Crippen molar-refractivity contribution in [1.82, 2.24) is 6.15 Å². The Bertz CT molecular complexity index is 579. The van der Waals surface area contributed by atoms with E-state index in [2.05, 4.69) is 100 Å². The fourth-order valence-corrected chi connectivity index (χ4v) is 3.18. The van der Waals surface area contributed by atoms with Crippen LogP contribution in [0.15, 0.2) is 91.0 Å². The summed E-state index contributed by atoms with van der Waals surface area (Å²) in [4.78, 5) is 0. The van der Waals surface area contributed by atoms with Gasteiger partial charge in [-0.15, -0.1) is 43.2 Å². The molecule has 4 heteroatoms. The Morgan fingerprint density at radius 1 is 0.478 bits per heavy atom. The fraction of sp³-hybridized carbons (Fsp3) is 0.0526. The van der Waals surface area contributed by atoms with E-state index < -0.39 is 0 Å². The molecule has 3 aromatic carbocycles. The molecular weight excluding hydrogens is 433 g/mol. The first kappa shape index (κ1) is 22.0. The first-order chi connectivity index (χ1) is 9.82. The monoisotopic (exact) mass is 453 g/mol. The van der Waals surface area contributed by atoms with E-state index in [-0.39, 0.29) is 45.3 Å². The highest BCUT2D eigenvalue weighted by molar-refractivity contribution is 8.93. The normalized spacial score (nSPS) is 9.78. The highest BCUT2D eigenvalue weighted by Crippen LogP contribution is 2.44. The van der Waals surface area contributed by atoms with Crippen molar-refractivity contribution in [3.63, 3.8) is 0 Å². The third-order valence-electron chi connectivity index (χ3n) is 3.69. The minimum atomic E-state index is -0.205. The molecule has 0 aliphatic heterocycles. The quantitative estimate of drug-likeness (QED) is 0.372. The van der Waals surface area contributed by atoms with Gasteiger partial charge in [-0.1, -0.05) is 91.0 Å². The summed E-state index contributed by atoms with van der Waals surface area (Å²) in [5.74, 6) is 0. The summed E-state index contributed by atoms with van der Waals surface area (Å²) in [5, 5.41) is -0.205. The molecule has 1 nitrogen and oxygen atoms in total. The van der Waals surface area contributed by atoms with Crippen molar-refractivity contribution in [3.8, 4) is 0 Å². The Morgan fingerprint density at radius 2 is 0.696 bits per heavy atom. The predicted molar refractivity (Wildman–Crippen MR) is 115 cm³/mol. The molecule has 122 valence electrons. The molecule has 23 heavy (non-hydrogen) atoms. The van der Waals surface area contributed by atoms with Gasteiger partial charge in [0.2, 0.25) is 0 Å². The first-order valence-electron chi connectivity index (χ1n) is 6.77. The lowest BCUT2D eigenvalue weighted by molar-refractivity contribution is 0.897. The minimum absolute atomic E-state index is 0. The van der Waals surface area contributed by atoms with Gasteiger partial charge in [0.15, 0.2) is 0 Å². The minimum Gasteiger partial charge on any atom is -0.344 e. The maximum absolute atomic E-state index is 3.06. The molecule has 0 amide bonds. The van der Waals surface area contributed by atoms with Crippen LogP contribution in [0.1, 0.15) is 16.7 Å². The number of hydrogen-bond acceptors (Lipinski definition) is 1. The van der Waals surface area contributed by atoms with E-state index in [0.29, 0.717) is 0 Å². The molecule has 0 saturated carbocycles. The SMILES string of the molecule is Br.Br.N.PC(c1ccccc1)(c1ccccc1)c1ccccc1. The van der Waals surface area contributed by atoms with Crippen LogP contribution in [0.2, 0.25) is 0 Å². The molecule has 3 N–H and O–H groups in total. The van der Waals surface area contributed by atoms with Gasteiger partial charge in [0.1, 0.15) is 0 Å². The molecule has 0 fully saturated rings. The molecule has 0 spiro atoms. The van der Waals surface area contributed by atoms with Crippen molar-refractivity contribution >= 4 is 43.2 Å². The van der Waals surface area contributed by atoms with Crippen molar-refractivity contribution in [2.75, 3.05) is 0 Å². The third-order valence-corrected chi connectivity index (χ3v) is 4.69. The van der Waals surface area contributed by atoms with E-state index >= 15 is 0 Å². The van der Waals surface area contributed by atoms with Crippen molar-refractivity contribution in [1.29, 1.82) is 0 Å². The standard InChI is InChI=1S/C19H17P.2BrH.H3N/c20-19(16-10-4-1-5-11-16,17-12-6-2-7-13-17)18-14-8-3-9-15-18;;;/h1-15H,20H2;2*1H;1H3. The maximum Gasteiger partial charge on any atom is 0.0591 e. The van der Waals surface area contributed by atoms with Crippen LogP contribution in [0.25, 0.3) is 0 Å². The van der Waals surface area contributed by atoms with Crippen LogP contribution < -0.4 is 6.15 Å². The zero-order valence-electron chi connectivity index (χ0n) is 12.8. The summed E-state index contributed by atoms with van der Waals surface area (Å²) >= 11 is 0. The van der Waals surface area contributed by atoms with Gasteiger partial charge in [0.05, 0.1) is 5.16 Å². The highest BCUT2D eigenvalue weighted by atomic mass is 79.9. The van der Waals surface area contributed by atoms with Crippen molar-refractivity contribution < 1.29 is 0 Å². The Morgan fingerprint density at radius 3 is 0.913 bits per heavy atom. The largest absolute Gasteiger partial charge is 0.344 e. The molecule has 1 atom stereocenters. The Labute approximate surface area is 161 Å². The van der Waals surface area contributed by atoms with Crippen LogP contribution in [0, 0.1) is 0 Å². The lowest BCUT2D eigenvalue weighted by Gasteiger charge is -2.31. The second-order valence-electron chi connectivity index (χ2n) is 4.91. The highest BCUT2D eigenvalue weighted by Gasteiger charge is 2.30. The van der Waals surface area contributed by atoms with E-state index in [4.69, 9.17) is 0 Å².